The molecule has 3 nitrogen and oxygen atoms in total. The quantitative estimate of drug-likeness (QED) is 0.530. The Kier molecular flexibility index (Phi) is 2.08. The van der Waals surface area contributed by atoms with Gasteiger partial charge in [-0.1, -0.05) is 6.58 Å². The zero-order valence-electron chi connectivity index (χ0n) is 6.42. The molecule has 1 aliphatic heterocycles. The number of Topliss-reactive ketones (excluding diaryl/α,β-unsaturated/α-hetero) is 1. The van der Waals surface area contributed by atoms with Gasteiger partial charge in [-0.15, -0.1) is 0 Å². The standard InChI is InChI=1S/C8H10O3/c1-5-3-7(6(2)9)4-8(10)11-5/h7H,1,3-4H2,2H3. The lowest BCUT2D eigenvalue weighted by molar-refractivity contribution is -0.146. The molecule has 11 heavy (non-hydrogen) atoms. The molecule has 0 aromatic heterocycles. The summed E-state index contributed by atoms with van der Waals surface area (Å²) in [4.78, 5) is 21.6. The van der Waals surface area contributed by atoms with Crippen LogP contribution in [0.25, 0.3) is 0 Å². The minimum Gasteiger partial charge on any atom is -0.432 e. The molecule has 0 N–H and O–H groups in total. The predicted octanol–water partition coefficient (Wildman–Crippen LogP) is 1.04. The maximum Gasteiger partial charge on any atom is 0.311 e. The zero-order valence-corrected chi connectivity index (χ0v) is 6.42. The van der Waals surface area contributed by atoms with Crippen molar-refractivity contribution in [1.82, 2.24) is 0 Å². The summed E-state index contributed by atoms with van der Waals surface area (Å²) < 4.78 is 4.68. The molecule has 1 rings (SSSR count). The van der Waals surface area contributed by atoms with Gasteiger partial charge in [-0.25, -0.2) is 0 Å². The number of allylic oxidation sites excluding steroid dienone is 1. The van der Waals surface area contributed by atoms with Crippen molar-refractivity contribution in [2.75, 3.05) is 0 Å². The second-order valence-corrected chi connectivity index (χ2v) is 2.73. The fraction of sp³-hybridized carbons (Fsp3) is 0.500. The Bertz CT molecular complexity index is 201. The van der Waals surface area contributed by atoms with E-state index in [1.54, 1.807) is 0 Å². The van der Waals surface area contributed by atoms with E-state index in [-0.39, 0.29) is 24.1 Å². The van der Waals surface area contributed by atoms with E-state index in [4.69, 9.17) is 0 Å². The first-order valence-corrected chi connectivity index (χ1v) is 3.48. The third kappa shape index (κ3) is 1.90. The van der Waals surface area contributed by atoms with Crippen molar-refractivity contribution in [3.05, 3.63) is 12.3 Å². The highest BCUT2D eigenvalue weighted by Crippen LogP contribution is 2.22. The fourth-order valence-corrected chi connectivity index (χ4v) is 1.08. The monoisotopic (exact) mass is 154 g/mol. The summed E-state index contributed by atoms with van der Waals surface area (Å²) in [5.41, 5.74) is 0. The SMILES string of the molecule is C=C1CC(C(C)=O)CC(=O)O1. The third-order valence-electron chi connectivity index (χ3n) is 1.72. The van der Waals surface area contributed by atoms with Crippen molar-refractivity contribution in [2.45, 2.75) is 19.8 Å². The average Bonchev–Trinajstić information content (AvgIpc) is 1.85. The van der Waals surface area contributed by atoms with Crippen LogP contribution in [0.2, 0.25) is 0 Å². The van der Waals surface area contributed by atoms with Gasteiger partial charge < -0.3 is 4.74 Å². The van der Waals surface area contributed by atoms with E-state index >= 15 is 0 Å². The van der Waals surface area contributed by atoms with Crippen molar-refractivity contribution in [3.63, 3.8) is 0 Å². The van der Waals surface area contributed by atoms with E-state index < -0.39 is 0 Å². The lowest BCUT2D eigenvalue weighted by Crippen LogP contribution is -2.23. The van der Waals surface area contributed by atoms with Crippen LogP contribution in [0.5, 0.6) is 0 Å². The molecule has 0 aliphatic carbocycles. The summed E-state index contributed by atoms with van der Waals surface area (Å²) in [6.07, 6.45) is 0.690. The van der Waals surface area contributed by atoms with Gasteiger partial charge in [-0.2, -0.15) is 0 Å². The van der Waals surface area contributed by atoms with Crippen molar-refractivity contribution >= 4 is 11.8 Å². The van der Waals surface area contributed by atoms with Crippen LogP contribution < -0.4 is 0 Å². The van der Waals surface area contributed by atoms with Crippen LogP contribution in [-0.4, -0.2) is 11.8 Å². The third-order valence-corrected chi connectivity index (χ3v) is 1.72. The van der Waals surface area contributed by atoms with Crippen molar-refractivity contribution in [1.29, 1.82) is 0 Å². The highest BCUT2D eigenvalue weighted by Gasteiger charge is 2.26. The van der Waals surface area contributed by atoms with Gasteiger partial charge in [0.05, 0.1) is 6.42 Å². The van der Waals surface area contributed by atoms with Crippen molar-refractivity contribution in [3.8, 4) is 0 Å². The highest BCUT2D eigenvalue weighted by molar-refractivity contribution is 5.85. The van der Waals surface area contributed by atoms with Crippen molar-refractivity contribution < 1.29 is 14.3 Å². The van der Waals surface area contributed by atoms with Crippen LogP contribution in [-0.2, 0) is 14.3 Å². The van der Waals surface area contributed by atoms with Gasteiger partial charge in [0.1, 0.15) is 11.5 Å². The number of ether oxygens (including phenoxy) is 1. The molecule has 1 saturated heterocycles. The highest BCUT2D eigenvalue weighted by atomic mass is 16.5. The molecule has 1 heterocycles. The Hall–Kier alpha value is -1.12. The Morgan fingerprint density at radius 3 is 2.73 bits per heavy atom. The maximum atomic E-state index is 10.8. The molecule has 60 valence electrons. The smallest absolute Gasteiger partial charge is 0.311 e. The second kappa shape index (κ2) is 2.86. The topological polar surface area (TPSA) is 43.4 Å². The molecule has 1 unspecified atom stereocenters. The second-order valence-electron chi connectivity index (χ2n) is 2.73. The average molecular weight is 154 g/mol. The number of esters is 1. The van der Waals surface area contributed by atoms with Crippen LogP contribution in [0, 0.1) is 5.92 Å². The zero-order chi connectivity index (χ0) is 8.43. The fourth-order valence-electron chi connectivity index (χ4n) is 1.08. The maximum absolute atomic E-state index is 10.8. The molecule has 3 heteroatoms. The molecule has 0 amide bonds. The summed E-state index contributed by atoms with van der Waals surface area (Å²) >= 11 is 0. The Labute approximate surface area is 65.0 Å². The molecule has 0 aromatic rings. The summed E-state index contributed by atoms with van der Waals surface area (Å²) in [5, 5.41) is 0. The molecule has 0 spiro atoms. The van der Waals surface area contributed by atoms with Gasteiger partial charge in [0.25, 0.3) is 0 Å². The van der Waals surface area contributed by atoms with Crippen LogP contribution in [0.4, 0.5) is 0 Å². The Morgan fingerprint density at radius 2 is 2.27 bits per heavy atom. The largest absolute Gasteiger partial charge is 0.432 e. The molecule has 1 aliphatic rings. The normalized spacial score (nSPS) is 24.6. The summed E-state index contributed by atoms with van der Waals surface area (Å²) in [6, 6.07) is 0. The van der Waals surface area contributed by atoms with Crippen LogP contribution in [0.15, 0.2) is 12.3 Å². The lowest BCUT2D eigenvalue weighted by atomic mass is 9.95. The van der Waals surface area contributed by atoms with E-state index in [2.05, 4.69) is 11.3 Å². The first-order valence-electron chi connectivity index (χ1n) is 3.48. The molecule has 0 saturated carbocycles. The molecular formula is C8H10O3. The van der Waals surface area contributed by atoms with Crippen LogP contribution >= 0.6 is 0 Å². The van der Waals surface area contributed by atoms with Gasteiger partial charge in [0, 0.05) is 12.3 Å². The van der Waals surface area contributed by atoms with Gasteiger partial charge in [-0.3, -0.25) is 9.59 Å². The first-order chi connectivity index (χ1) is 5.09. The number of cyclic esters (lactones) is 1. The number of carbonyl (C=O) groups excluding carboxylic acids is 2. The molecular weight excluding hydrogens is 144 g/mol. The Balaban J connectivity index is 2.63. The number of hydrogen-bond acceptors (Lipinski definition) is 3. The number of hydrogen-bond donors (Lipinski definition) is 0. The summed E-state index contributed by atoms with van der Waals surface area (Å²) in [6.45, 7) is 4.98. The number of carbonyl (C=O) groups is 2. The van der Waals surface area contributed by atoms with E-state index in [1.165, 1.54) is 6.92 Å². The van der Waals surface area contributed by atoms with Gasteiger partial charge >= 0.3 is 5.97 Å². The summed E-state index contributed by atoms with van der Waals surface area (Å²) in [5.74, 6) is -0.116. The van der Waals surface area contributed by atoms with Gasteiger partial charge in [-0.05, 0) is 6.92 Å². The molecule has 0 bridgehead atoms. The van der Waals surface area contributed by atoms with Crippen LogP contribution in [0.3, 0.4) is 0 Å². The van der Waals surface area contributed by atoms with Crippen molar-refractivity contribution in [2.24, 2.45) is 5.92 Å². The minimum absolute atomic E-state index is 0.0304. The van der Waals surface area contributed by atoms with E-state index in [9.17, 15) is 9.59 Å². The van der Waals surface area contributed by atoms with Gasteiger partial charge in [0.15, 0.2) is 0 Å². The minimum atomic E-state index is -0.346. The van der Waals surface area contributed by atoms with Crippen LogP contribution in [0.1, 0.15) is 19.8 Å². The molecule has 1 atom stereocenters. The predicted molar refractivity (Wildman–Crippen MR) is 38.6 cm³/mol. The molecule has 0 aromatic carbocycles. The van der Waals surface area contributed by atoms with Gasteiger partial charge in [0.2, 0.25) is 0 Å². The summed E-state index contributed by atoms with van der Waals surface area (Å²) in [7, 11) is 0. The van der Waals surface area contributed by atoms with E-state index in [1.807, 2.05) is 0 Å². The first kappa shape index (κ1) is 7.98. The molecule has 0 radical (unpaired) electrons. The van der Waals surface area contributed by atoms with E-state index in [0.29, 0.717) is 12.2 Å². The van der Waals surface area contributed by atoms with E-state index in [0.717, 1.165) is 0 Å². The Morgan fingerprint density at radius 1 is 1.64 bits per heavy atom. The lowest BCUT2D eigenvalue weighted by Gasteiger charge is -2.19. The molecule has 1 fully saturated rings. The number of rotatable bonds is 1. The number of ketones is 1.